The predicted molar refractivity (Wildman–Crippen MR) is 123 cm³/mol. The van der Waals surface area contributed by atoms with Crippen molar-refractivity contribution >= 4 is 17.4 Å². The normalized spacial score (nSPS) is 15.8. The van der Waals surface area contributed by atoms with Crippen LogP contribution in [0.5, 0.6) is 5.75 Å². The first-order chi connectivity index (χ1) is 14.2. The molecule has 4 rings (SSSR count). The van der Waals surface area contributed by atoms with E-state index in [1.54, 1.807) is 0 Å². The highest BCUT2D eigenvalue weighted by molar-refractivity contribution is 7.98. The van der Waals surface area contributed by atoms with E-state index in [4.69, 9.17) is 4.74 Å². The van der Waals surface area contributed by atoms with E-state index in [9.17, 15) is 0 Å². The molecule has 0 saturated heterocycles. The van der Waals surface area contributed by atoms with Gasteiger partial charge in [0.1, 0.15) is 12.4 Å². The van der Waals surface area contributed by atoms with E-state index in [0.717, 1.165) is 30.2 Å². The first kappa shape index (κ1) is 19.9. The van der Waals surface area contributed by atoms with Crippen molar-refractivity contribution in [3.8, 4) is 5.75 Å². The Kier molecular flexibility index (Phi) is 6.43. The molecule has 0 aliphatic carbocycles. The number of likely N-dealkylation sites (N-methyl/N-ethyl adjacent to an activating group) is 1. The largest absolute Gasteiger partial charge is 0.492 e. The molecule has 0 saturated carbocycles. The summed E-state index contributed by atoms with van der Waals surface area (Å²) in [4.78, 5) is 3.49. The fourth-order valence-electron chi connectivity index (χ4n) is 3.61. The second-order valence-corrected chi connectivity index (χ2v) is 8.69. The topological polar surface area (TPSA) is 24.5 Å². The Morgan fingerprint density at radius 3 is 2.45 bits per heavy atom. The van der Waals surface area contributed by atoms with Crippen molar-refractivity contribution in [1.29, 1.82) is 0 Å². The minimum absolute atomic E-state index is 0.237. The number of nitrogens with one attached hydrogen (secondary N) is 1. The van der Waals surface area contributed by atoms with Crippen molar-refractivity contribution in [1.82, 2.24) is 4.90 Å². The summed E-state index contributed by atoms with van der Waals surface area (Å²) >= 11 is 1.93. The third kappa shape index (κ3) is 5.14. The van der Waals surface area contributed by atoms with Crippen LogP contribution in [0.3, 0.4) is 0 Å². The summed E-state index contributed by atoms with van der Waals surface area (Å²) in [5.74, 6) is 1.94. The van der Waals surface area contributed by atoms with E-state index in [1.807, 2.05) is 11.8 Å². The van der Waals surface area contributed by atoms with Crippen molar-refractivity contribution < 1.29 is 4.74 Å². The first-order valence-electron chi connectivity index (χ1n) is 10.1. The van der Waals surface area contributed by atoms with Gasteiger partial charge in [-0.1, -0.05) is 42.5 Å². The summed E-state index contributed by atoms with van der Waals surface area (Å²) in [6.07, 6.45) is 0.981. The molecule has 1 atom stereocenters. The van der Waals surface area contributed by atoms with E-state index in [1.165, 1.54) is 21.6 Å². The van der Waals surface area contributed by atoms with Crippen LogP contribution >= 0.6 is 11.8 Å². The van der Waals surface area contributed by atoms with Gasteiger partial charge in [0.25, 0.3) is 0 Å². The Bertz CT molecular complexity index is 940. The lowest BCUT2D eigenvalue weighted by molar-refractivity contribution is 0.261. The number of thioether (sulfide) groups is 1. The number of benzene rings is 3. The summed E-state index contributed by atoms with van der Waals surface area (Å²) in [5, 5.41) is 3.77. The smallest absolute Gasteiger partial charge is 0.119 e. The molecule has 150 valence electrons. The lowest BCUT2D eigenvalue weighted by atomic mass is 9.95. The Morgan fingerprint density at radius 1 is 0.931 bits per heavy atom. The molecule has 1 heterocycles. The van der Waals surface area contributed by atoms with Crippen molar-refractivity contribution in [3.63, 3.8) is 0 Å². The maximum absolute atomic E-state index is 5.83. The standard InChI is InChI=1S/C25H28N2OS/c1-27(2)15-16-28-22-13-11-21(12-14-22)26-24-17-19-7-3-4-8-20(19)18-29-25-10-6-5-9-23(24)25/h3-14,24,26H,15-18H2,1-2H3. The summed E-state index contributed by atoms with van der Waals surface area (Å²) < 4.78 is 5.83. The number of hydrogen-bond donors (Lipinski definition) is 1. The zero-order valence-electron chi connectivity index (χ0n) is 17.1. The molecule has 1 N–H and O–H groups in total. The van der Waals surface area contributed by atoms with Crippen LogP contribution in [0.4, 0.5) is 5.69 Å². The molecule has 3 aromatic carbocycles. The van der Waals surface area contributed by atoms with Crippen LogP contribution < -0.4 is 10.1 Å². The van der Waals surface area contributed by atoms with E-state index < -0.39 is 0 Å². The summed E-state index contributed by atoms with van der Waals surface area (Å²) in [6, 6.07) is 26.2. The quantitative estimate of drug-likeness (QED) is 0.575. The van der Waals surface area contributed by atoms with Crippen molar-refractivity contribution in [2.45, 2.75) is 23.1 Å². The molecule has 1 aliphatic heterocycles. The highest BCUT2D eigenvalue weighted by Gasteiger charge is 2.20. The number of nitrogens with zero attached hydrogens (tertiary/aromatic N) is 1. The van der Waals surface area contributed by atoms with E-state index in [-0.39, 0.29) is 6.04 Å². The second-order valence-electron chi connectivity index (χ2n) is 7.67. The molecular formula is C25H28N2OS. The van der Waals surface area contributed by atoms with E-state index in [2.05, 4.69) is 97.1 Å². The van der Waals surface area contributed by atoms with Crippen molar-refractivity contribution in [2.24, 2.45) is 0 Å². The summed E-state index contributed by atoms with van der Waals surface area (Å²) in [5.41, 5.74) is 5.35. The zero-order valence-corrected chi connectivity index (χ0v) is 17.9. The summed E-state index contributed by atoms with van der Waals surface area (Å²) in [6.45, 7) is 1.61. The maximum atomic E-state index is 5.83. The summed E-state index contributed by atoms with van der Waals surface area (Å²) in [7, 11) is 4.11. The third-order valence-corrected chi connectivity index (χ3v) is 6.36. The molecule has 0 bridgehead atoms. The fraction of sp³-hybridized carbons (Fsp3) is 0.280. The van der Waals surface area contributed by atoms with E-state index in [0.29, 0.717) is 6.61 Å². The molecule has 4 heteroatoms. The van der Waals surface area contributed by atoms with Gasteiger partial charge in [-0.05, 0) is 67.5 Å². The SMILES string of the molecule is CN(C)CCOc1ccc(NC2Cc3ccccc3CSc3ccccc32)cc1. The Morgan fingerprint density at radius 2 is 1.66 bits per heavy atom. The number of hydrogen-bond acceptors (Lipinski definition) is 4. The van der Waals surface area contributed by atoms with Gasteiger partial charge in [0.05, 0.1) is 6.04 Å². The van der Waals surface area contributed by atoms with Gasteiger partial charge in [0.15, 0.2) is 0 Å². The van der Waals surface area contributed by atoms with Crippen LogP contribution in [0.25, 0.3) is 0 Å². The van der Waals surface area contributed by atoms with Gasteiger partial charge in [0, 0.05) is 22.9 Å². The van der Waals surface area contributed by atoms with Crippen LogP contribution in [-0.2, 0) is 12.2 Å². The molecule has 0 spiro atoms. The van der Waals surface area contributed by atoms with Crippen LogP contribution in [0.1, 0.15) is 22.7 Å². The highest BCUT2D eigenvalue weighted by atomic mass is 32.2. The average Bonchev–Trinajstić information content (AvgIpc) is 2.72. The number of rotatable bonds is 6. The molecule has 3 nitrogen and oxygen atoms in total. The molecule has 3 aromatic rings. The van der Waals surface area contributed by atoms with E-state index >= 15 is 0 Å². The van der Waals surface area contributed by atoms with Gasteiger partial charge < -0.3 is 15.0 Å². The Labute approximate surface area is 178 Å². The van der Waals surface area contributed by atoms with Crippen LogP contribution in [0.15, 0.2) is 77.7 Å². The molecular weight excluding hydrogens is 376 g/mol. The van der Waals surface area contributed by atoms with Crippen LogP contribution in [0, 0.1) is 0 Å². The van der Waals surface area contributed by atoms with Crippen LogP contribution in [0.2, 0.25) is 0 Å². The van der Waals surface area contributed by atoms with Crippen molar-refractivity contribution in [2.75, 3.05) is 32.6 Å². The number of anilines is 1. The Balaban J connectivity index is 1.53. The van der Waals surface area contributed by atoms with Gasteiger partial charge in [-0.15, -0.1) is 11.8 Å². The first-order valence-corrected chi connectivity index (χ1v) is 11.1. The van der Waals surface area contributed by atoms with Crippen LogP contribution in [-0.4, -0.2) is 32.1 Å². The predicted octanol–water partition coefficient (Wildman–Crippen LogP) is 5.63. The van der Waals surface area contributed by atoms with Crippen molar-refractivity contribution in [3.05, 3.63) is 89.5 Å². The molecule has 0 amide bonds. The maximum Gasteiger partial charge on any atom is 0.119 e. The highest BCUT2D eigenvalue weighted by Crippen LogP contribution is 2.37. The lowest BCUT2D eigenvalue weighted by Gasteiger charge is -2.26. The van der Waals surface area contributed by atoms with Gasteiger partial charge in [-0.25, -0.2) is 0 Å². The molecule has 0 aromatic heterocycles. The minimum atomic E-state index is 0.237. The fourth-order valence-corrected chi connectivity index (χ4v) is 4.75. The van der Waals surface area contributed by atoms with Gasteiger partial charge in [-0.3, -0.25) is 0 Å². The number of ether oxygens (including phenoxy) is 1. The minimum Gasteiger partial charge on any atom is -0.492 e. The molecule has 1 unspecified atom stereocenters. The lowest BCUT2D eigenvalue weighted by Crippen LogP contribution is -2.19. The van der Waals surface area contributed by atoms with Gasteiger partial charge in [0.2, 0.25) is 0 Å². The molecule has 0 radical (unpaired) electrons. The van der Waals surface area contributed by atoms with Gasteiger partial charge >= 0.3 is 0 Å². The molecule has 1 aliphatic rings. The Hall–Kier alpha value is -2.43. The van der Waals surface area contributed by atoms with Gasteiger partial charge in [-0.2, -0.15) is 0 Å². The average molecular weight is 405 g/mol. The molecule has 29 heavy (non-hydrogen) atoms. The third-order valence-electron chi connectivity index (χ3n) is 5.22. The second kappa shape index (κ2) is 9.38. The molecule has 0 fully saturated rings. The zero-order chi connectivity index (χ0) is 20.1. The number of fused-ring (bicyclic) bond motifs is 2. The monoisotopic (exact) mass is 404 g/mol.